The second-order valence-electron chi connectivity index (χ2n) is 6.77. The van der Waals surface area contributed by atoms with Crippen molar-refractivity contribution in [2.45, 2.75) is 32.6 Å². The summed E-state index contributed by atoms with van der Waals surface area (Å²) in [5.74, 6) is 0.567. The Hall–Kier alpha value is -1.75. The predicted molar refractivity (Wildman–Crippen MR) is 96.4 cm³/mol. The van der Waals surface area contributed by atoms with Crippen LogP contribution in [0.3, 0.4) is 0 Å². The van der Waals surface area contributed by atoms with E-state index in [1.165, 1.54) is 12.8 Å². The summed E-state index contributed by atoms with van der Waals surface area (Å²) in [5, 5.41) is 6.31. The fraction of sp³-hybridized carbons (Fsp3) is 0.556. The lowest BCUT2D eigenvalue weighted by molar-refractivity contribution is -0.122. The Morgan fingerprint density at radius 1 is 1.29 bits per heavy atom. The van der Waals surface area contributed by atoms with E-state index < -0.39 is 0 Å². The molecular weight excluding hydrogens is 326 g/mol. The van der Waals surface area contributed by atoms with E-state index >= 15 is 0 Å². The summed E-state index contributed by atoms with van der Waals surface area (Å²) in [6.45, 7) is 4.50. The third-order valence-corrected chi connectivity index (χ3v) is 5.08. The molecular formula is C18H24ClN3O2. The molecule has 2 amide bonds. The van der Waals surface area contributed by atoms with Gasteiger partial charge in [0.15, 0.2) is 0 Å². The predicted octanol–water partition coefficient (Wildman–Crippen LogP) is 3.04. The number of benzene rings is 1. The van der Waals surface area contributed by atoms with Gasteiger partial charge in [-0.05, 0) is 43.4 Å². The summed E-state index contributed by atoms with van der Waals surface area (Å²) < 4.78 is 0. The smallest absolute Gasteiger partial charge is 0.226 e. The van der Waals surface area contributed by atoms with Crippen molar-refractivity contribution in [2.24, 2.45) is 11.8 Å². The standard InChI is InChI=1S/C18H24ClN3O2/c1-12-10-14(12)18(24)20-7-6-17(23)21-13-4-5-16(15(19)11-13)22-8-2-3-9-22/h4-5,11-12,14H,2-3,6-10H2,1H3,(H,20,24)(H,21,23). The molecule has 2 N–H and O–H groups in total. The van der Waals surface area contributed by atoms with E-state index in [9.17, 15) is 9.59 Å². The molecule has 5 nitrogen and oxygen atoms in total. The van der Waals surface area contributed by atoms with Crippen LogP contribution in [0.1, 0.15) is 32.6 Å². The first-order valence-corrected chi connectivity index (χ1v) is 9.04. The zero-order valence-corrected chi connectivity index (χ0v) is 14.7. The van der Waals surface area contributed by atoms with Gasteiger partial charge in [0.05, 0.1) is 10.7 Å². The molecule has 1 aliphatic carbocycles. The van der Waals surface area contributed by atoms with Crippen LogP contribution >= 0.6 is 11.6 Å². The zero-order chi connectivity index (χ0) is 17.1. The van der Waals surface area contributed by atoms with Gasteiger partial charge in [0.25, 0.3) is 0 Å². The maximum atomic E-state index is 12.0. The molecule has 1 heterocycles. The van der Waals surface area contributed by atoms with Crippen LogP contribution in [-0.4, -0.2) is 31.4 Å². The topological polar surface area (TPSA) is 61.4 Å². The zero-order valence-electron chi connectivity index (χ0n) is 14.0. The molecule has 0 spiro atoms. The number of halogens is 1. The Balaban J connectivity index is 1.45. The average Bonchev–Trinajstić information content (AvgIpc) is 3.05. The molecule has 2 atom stereocenters. The van der Waals surface area contributed by atoms with E-state index in [1.54, 1.807) is 6.07 Å². The van der Waals surface area contributed by atoms with Gasteiger partial charge in [-0.1, -0.05) is 18.5 Å². The van der Waals surface area contributed by atoms with Gasteiger partial charge in [0.1, 0.15) is 0 Å². The van der Waals surface area contributed by atoms with Crippen LogP contribution in [0.25, 0.3) is 0 Å². The Morgan fingerprint density at radius 3 is 2.62 bits per heavy atom. The van der Waals surface area contributed by atoms with Gasteiger partial charge in [-0.2, -0.15) is 0 Å². The van der Waals surface area contributed by atoms with Gasteiger partial charge in [-0.25, -0.2) is 0 Å². The van der Waals surface area contributed by atoms with E-state index in [4.69, 9.17) is 11.6 Å². The number of hydrogen-bond acceptors (Lipinski definition) is 3. The molecule has 3 rings (SSSR count). The third-order valence-electron chi connectivity index (χ3n) is 4.78. The molecule has 0 bridgehead atoms. The molecule has 0 radical (unpaired) electrons. The first-order chi connectivity index (χ1) is 11.5. The number of amides is 2. The van der Waals surface area contributed by atoms with Crippen molar-refractivity contribution < 1.29 is 9.59 Å². The van der Waals surface area contributed by atoms with Crippen LogP contribution in [-0.2, 0) is 9.59 Å². The van der Waals surface area contributed by atoms with Crippen molar-refractivity contribution in [1.82, 2.24) is 5.32 Å². The fourth-order valence-corrected chi connectivity index (χ4v) is 3.44. The molecule has 2 unspecified atom stereocenters. The first-order valence-electron chi connectivity index (χ1n) is 8.66. The molecule has 2 aliphatic rings. The van der Waals surface area contributed by atoms with E-state index in [0.29, 0.717) is 23.2 Å². The quantitative estimate of drug-likeness (QED) is 0.829. The van der Waals surface area contributed by atoms with Crippen LogP contribution in [0, 0.1) is 11.8 Å². The highest BCUT2D eigenvalue weighted by molar-refractivity contribution is 6.33. The minimum absolute atomic E-state index is 0.0633. The number of rotatable bonds is 6. The SMILES string of the molecule is CC1CC1C(=O)NCCC(=O)Nc1ccc(N2CCCC2)c(Cl)c1. The Kier molecular flexibility index (Phi) is 5.29. The van der Waals surface area contributed by atoms with Crippen LogP contribution in [0.15, 0.2) is 18.2 Å². The minimum Gasteiger partial charge on any atom is -0.370 e. The maximum Gasteiger partial charge on any atom is 0.226 e. The monoisotopic (exact) mass is 349 g/mol. The fourth-order valence-electron chi connectivity index (χ4n) is 3.14. The second kappa shape index (κ2) is 7.43. The summed E-state index contributed by atoms with van der Waals surface area (Å²) in [5.41, 5.74) is 1.72. The van der Waals surface area contributed by atoms with Crippen LogP contribution in [0.4, 0.5) is 11.4 Å². The highest BCUT2D eigenvalue weighted by atomic mass is 35.5. The molecule has 1 saturated heterocycles. The van der Waals surface area contributed by atoms with E-state index in [-0.39, 0.29) is 24.2 Å². The number of carbonyl (C=O) groups excluding carboxylic acids is 2. The molecule has 24 heavy (non-hydrogen) atoms. The highest BCUT2D eigenvalue weighted by Gasteiger charge is 2.38. The van der Waals surface area contributed by atoms with Gasteiger partial charge in [0, 0.05) is 37.7 Å². The van der Waals surface area contributed by atoms with Crippen LogP contribution < -0.4 is 15.5 Å². The minimum atomic E-state index is -0.121. The molecule has 1 aromatic rings. The van der Waals surface area contributed by atoms with E-state index in [1.807, 2.05) is 12.1 Å². The lowest BCUT2D eigenvalue weighted by atomic mass is 10.2. The third kappa shape index (κ3) is 4.20. The summed E-state index contributed by atoms with van der Waals surface area (Å²) in [4.78, 5) is 25.9. The molecule has 130 valence electrons. The van der Waals surface area contributed by atoms with Gasteiger partial charge in [-0.15, -0.1) is 0 Å². The Bertz CT molecular complexity index is 629. The Morgan fingerprint density at radius 2 is 2.00 bits per heavy atom. The maximum absolute atomic E-state index is 12.0. The summed E-state index contributed by atoms with van der Waals surface area (Å²) in [7, 11) is 0. The number of anilines is 2. The van der Waals surface area contributed by atoms with Gasteiger partial charge in [0.2, 0.25) is 11.8 Å². The van der Waals surface area contributed by atoms with Crippen molar-refractivity contribution in [3.63, 3.8) is 0 Å². The van der Waals surface area contributed by atoms with Gasteiger partial charge >= 0.3 is 0 Å². The van der Waals surface area contributed by atoms with E-state index in [0.717, 1.165) is 25.2 Å². The Labute approximate surface area is 147 Å². The second-order valence-corrected chi connectivity index (χ2v) is 7.18. The number of nitrogens with one attached hydrogen (secondary N) is 2. The van der Waals surface area contributed by atoms with Crippen LogP contribution in [0.2, 0.25) is 5.02 Å². The number of nitrogens with zero attached hydrogens (tertiary/aromatic N) is 1. The average molecular weight is 350 g/mol. The molecule has 6 heteroatoms. The molecule has 1 aromatic carbocycles. The lowest BCUT2D eigenvalue weighted by Gasteiger charge is -2.19. The van der Waals surface area contributed by atoms with Crippen molar-refractivity contribution in [3.8, 4) is 0 Å². The molecule has 1 saturated carbocycles. The highest BCUT2D eigenvalue weighted by Crippen LogP contribution is 2.37. The number of carbonyl (C=O) groups is 2. The molecule has 1 aliphatic heterocycles. The summed E-state index contributed by atoms with van der Waals surface area (Å²) in [6, 6.07) is 5.62. The summed E-state index contributed by atoms with van der Waals surface area (Å²) in [6.07, 6.45) is 3.61. The largest absolute Gasteiger partial charge is 0.370 e. The van der Waals surface area contributed by atoms with E-state index in [2.05, 4.69) is 22.5 Å². The molecule has 0 aromatic heterocycles. The lowest BCUT2D eigenvalue weighted by Crippen LogP contribution is -2.29. The van der Waals surface area contributed by atoms with Crippen LogP contribution in [0.5, 0.6) is 0 Å². The number of hydrogen-bond donors (Lipinski definition) is 2. The summed E-state index contributed by atoms with van der Waals surface area (Å²) >= 11 is 6.34. The van der Waals surface area contributed by atoms with Crippen molar-refractivity contribution in [2.75, 3.05) is 29.9 Å². The van der Waals surface area contributed by atoms with Crippen molar-refractivity contribution in [3.05, 3.63) is 23.2 Å². The van der Waals surface area contributed by atoms with Gasteiger partial charge < -0.3 is 15.5 Å². The van der Waals surface area contributed by atoms with Gasteiger partial charge in [-0.3, -0.25) is 9.59 Å². The molecule has 2 fully saturated rings. The first kappa shape index (κ1) is 17.1. The van der Waals surface area contributed by atoms with Crippen molar-refractivity contribution >= 4 is 34.8 Å². The van der Waals surface area contributed by atoms with Crippen molar-refractivity contribution in [1.29, 1.82) is 0 Å². The normalized spacial score (nSPS) is 22.3.